The first-order valence-corrected chi connectivity index (χ1v) is 8.61. The molecule has 0 saturated heterocycles. The number of nitrogens with zero attached hydrogens (tertiary/aromatic N) is 2. The fourth-order valence-electron chi connectivity index (χ4n) is 2.46. The second-order valence-corrected chi connectivity index (χ2v) is 6.03. The lowest BCUT2D eigenvalue weighted by Gasteiger charge is -2.16. The molecule has 3 rings (SSSR count). The zero-order chi connectivity index (χ0) is 19.2. The van der Waals surface area contributed by atoms with Crippen LogP contribution in [-0.2, 0) is 9.53 Å². The van der Waals surface area contributed by atoms with Crippen LogP contribution in [0.4, 0.5) is 5.82 Å². The van der Waals surface area contributed by atoms with Crippen molar-refractivity contribution in [2.45, 2.75) is 26.4 Å². The molecule has 0 bridgehead atoms. The van der Waals surface area contributed by atoms with E-state index in [1.165, 1.54) is 0 Å². The Hall–Kier alpha value is -3.48. The zero-order valence-corrected chi connectivity index (χ0v) is 15.1. The maximum Gasteiger partial charge on any atom is 0.338 e. The number of hydrogen-bond donors (Lipinski definition) is 2. The number of hydrogen-bond acceptors (Lipinski definition) is 5. The molecule has 7 nitrogen and oxygen atoms in total. The van der Waals surface area contributed by atoms with Gasteiger partial charge in [-0.3, -0.25) is 4.79 Å². The Kier molecular flexibility index (Phi) is 5.61. The van der Waals surface area contributed by atoms with E-state index in [9.17, 15) is 9.59 Å². The number of carbonyl (C=O) groups excluding carboxylic acids is 2. The van der Waals surface area contributed by atoms with Gasteiger partial charge in [0.2, 0.25) is 0 Å². The van der Waals surface area contributed by atoms with E-state index in [0.717, 1.165) is 11.1 Å². The van der Waals surface area contributed by atoms with E-state index in [2.05, 4.69) is 20.3 Å². The van der Waals surface area contributed by atoms with Crippen molar-refractivity contribution in [3.63, 3.8) is 0 Å². The number of rotatable bonds is 6. The first-order chi connectivity index (χ1) is 13.1. The molecule has 0 fully saturated rings. The number of aryl methyl sites for hydroxylation is 1. The van der Waals surface area contributed by atoms with Crippen molar-refractivity contribution in [3.8, 4) is 11.4 Å². The van der Waals surface area contributed by atoms with Gasteiger partial charge in [0.05, 0.1) is 5.56 Å². The van der Waals surface area contributed by atoms with Gasteiger partial charge in [-0.2, -0.15) is 0 Å². The first kappa shape index (κ1) is 18.3. The summed E-state index contributed by atoms with van der Waals surface area (Å²) in [6, 6.07) is 10.4. The van der Waals surface area contributed by atoms with Crippen LogP contribution in [-0.4, -0.2) is 32.9 Å². The molecule has 2 aromatic heterocycles. The van der Waals surface area contributed by atoms with Crippen LogP contribution >= 0.6 is 0 Å². The lowest BCUT2D eigenvalue weighted by Crippen LogP contribution is -2.32. The van der Waals surface area contributed by atoms with Crippen molar-refractivity contribution >= 4 is 17.7 Å². The van der Waals surface area contributed by atoms with Crippen molar-refractivity contribution in [2.24, 2.45) is 0 Å². The summed E-state index contributed by atoms with van der Waals surface area (Å²) in [5, 5.41) is 2.66. The standard InChI is InChI=1S/C20H20N4O3/c1-3-16(19(25)24-17-9-4-13(2)12-23-17)27-20(26)15-7-5-14(6-8-15)18-21-10-11-22-18/h4-12,16H,3H2,1-2H3,(H,21,22)(H,23,24,25). The Morgan fingerprint density at radius 3 is 2.52 bits per heavy atom. The fraction of sp³-hybridized carbons (Fsp3) is 0.200. The highest BCUT2D eigenvalue weighted by atomic mass is 16.5. The number of carbonyl (C=O) groups is 2. The monoisotopic (exact) mass is 364 g/mol. The number of H-pyrrole nitrogens is 1. The molecular formula is C20H20N4O3. The number of aromatic nitrogens is 3. The van der Waals surface area contributed by atoms with Gasteiger partial charge in [0, 0.05) is 24.2 Å². The van der Waals surface area contributed by atoms with Gasteiger partial charge < -0.3 is 15.0 Å². The van der Waals surface area contributed by atoms with E-state index in [-0.39, 0.29) is 0 Å². The maximum absolute atomic E-state index is 12.4. The van der Waals surface area contributed by atoms with Crippen molar-refractivity contribution < 1.29 is 14.3 Å². The van der Waals surface area contributed by atoms with Gasteiger partial charge in [-0.25, -0.2) is 14.8 Å². The molecule has 1 aromatic carbocycles. The topological polar surface area (TPSA) is 97.0 Å². The van der Waals surface area contributed by atoms with Crippen LogP contribution in [0.3, 0.4) is 0 Å². The van der Waals surface area contributed by atoms with Gasteiger partial charge >= 0.3 is 5.97 Å². The number of ether oxygens (including phenoxy) is 1. The van der Waals surface area contributed by atoms with Gasteiger partial charge in [-0.1, -0.05) is 25.1 Å². The predicted octanol–water partition coefficient (Wildman–Crippen LogP) is 3.35. The summed E-state index contributed by atoms with van der Waals surface area (Å²) in [6.07, 6.45) is 4.50. The maximum atomic E-state index is 12.4. The highest BCUT2D eigenvalue weighted by Crippen LogP contribution is 2.16. The molecule has 1 amide bonds. The molecule has 0 aliphatic carbocycles. The third kappa shape index (κ3) is 4.58. The third-order valence-electron chi connectivity index (χ3n) is 3.97. The second kappa shape index (κ2) is 8.27. The zero-order valence-electron chi connectivity index (χ0n) is 15.1. The minimum absolute atomic E-state index is 0.355. The van der Waals surface area contributed by atoms with Crippen LogP contribution in [0.15, 0.2) is 55.0 Å². The summed E-state index contributed by atoms with van der Waals surface area (Å²) < 4.78 is 5.37. The van der Waals surface area contributed by atoms with Gasteiger partial charge in [0.15, 0.2) is 6.10 Å². The fourth-order valence-corrected chi connectivity index (χ4v) is 2.46. The molecule has 1 unspecified atom stereocenters. The molecule has 3 aromatic rings. The Bertz CT molecular complexity index is 903. The SMILES string of the molecule is CCC(OC(=O)c1ccc(-c2ncc[nH]2)cc1)C(=O)Nc1ccc(C)cn1. The second-order valence-electron chi connectivity index (χ2n) is 6.03. The molecule has 0 spiro atoms. The third-order valence-corrected chi connectivity index (χ3v) is 3.97. The summed E-state index contributed by atoms with van der Waals surface area (Å²) in [4.78, 5) is 36.0. The number of nitrogens with one attached hydrogen (secondary N) is 2. The molecule has 0 radical (unpaired) electrons. The summed E-state index contributed by atoms with van der Waals surface area (Å²) in [6.45, 7) is 3.69. The number of esters is 1. The average Bonchev–Trinajstić information content (AvgIpc) is 3.22. The van der Waals surface area contributed by atoms with E-state index in [0.29, 0.717) is 23.6 Å². The van der Waals surface area contributed by atoms with Gasteiger partial charge in [-0.05, 0) is 37.1 Å². The Morgan fingerprint density at radius 1 is 1.15 bits per heavy atom. The molecule has 1 atom stereocenters. The Labute approximate surface area is 156 Å². The van der Waals surface area contributed by atoms with E-state index >= 15 is 0 Å². The first-order valence-electron chi connectivity index (χ1n) is 8.61. The van der Waals surface area contributed by atoms with Gasteiger partial charge in [0.1, 0.15) is 11.6 Å². The highest BCUT2D eigenvalue weighted by Gasteiger charge is 2.22. The number of benzene rings is 1. The molecule has 138 valence electrons. The van der Waals surface area contributed by atoms with Gasteiger partial charge in [-0.15, -0.1) is 0 Å². The molecule has 0 aliphatic heterocycles. The van der Waals surface area contributed by atoms with Gasteiger partial charge in [0.25, 0.3) is 5.91 Å². The summed E-state index contributed by atoms with van der Waals surface area (Å²) >= 11 is 0. The Morgan fingerprint density at radius 2 is 1.93 bits per heavy atom. The molecule has 2 heterocycles. The molecule has 0 saturated carbocycles. The molecular weight excluding hydrogens is 344 g/mol. The quantitative estimate of drug-likeness (QED) is 0.654. The highest BCUT2D eigenvalue weighted by molar-refractivity contribution is 5.97. The minimum atomic E-state index is -0.898. The largest absolute Gasteiger partial charge is 0.449 e. The van der Waals surface area contributed by atoms with Crippen molar-refractivity contribution in [2.75, 3.05) is 5.32 Å². The molecule has 2 N–H and O–H groups in total. The lowest BCUT2D eigenvalue weighted by molar-refractivity contribution is -0.124. The van der Waals surface area contributed by atoms with Crippen LogP contribution in [0.25, 0.3) is 11.4 Å². The smallest absolute Gasteiger partial charge is 0.338 e. The summed E-state index contributed by atoms with van der Waals surface area (Å²) in [5.74, 6) is 0.170. The summed E-state index contributed by atoms with van der Waals surface area (Å²) in [5.41, 5.74) is 2.21. The summed E-state index contributed by atoms with van der Waals surface area (Å²) in [7, 11) is 0. The lowest BCUT2D eigenvalue weighted by atomic mass is 10.1. The Balaban J connectivity index is 1.63. The van der Waals surface area contributed by atoms with E-state index in [4.69, 9.17) is 4.74 Å². The van der Waals surface area contributed by atoms with Crippen molar-refractivity contribution in [1.29, 1.82) is 0 Å². The number of imidazole rings is 1. The van der Waals surface area contributed by atoms with Crippen LogP contribution < -0.4 is 5.32 Å². The van der Waals surface area contributed by atoms with Crippen LogP contribution in [0.2, 0.25) is 0 Å². The van der Waals surface area contributed by atoms with E-state index < -0.39 is 18.0 Å². The average molecular weight is 364 g/mol. The number of amides is 1. The van der Waals surface area contributed by atoms with E-state index in [1.807, 2.05) is 13.0 Å². The van der Waals surface area contributed by atoms with Crippen LogP contribution in [0, 0.1) is 6.92 Å². The predicted molar refractivity (Wildman–Crippen MR) is 101 cm³/mol. The number of aromatic amines is 1. The molecule has 7 heteroatoms. The normalized spacial score (nSPS) is 11.6. The molecule has 0 aliphatic rings. The molecule has 27 heavy (non-hydrogen) atoms. The van der Waals surface area contributed by atoms with Crippen molar-refractivity contribution in [3.05, 3.63) is 66.1 Å². The van der Waals surface area contributed by atoms with Crippen LogP contribution in [0.5, 0.6) is 0 Å². The number of anilines is 1. The number of pyridine rings is 1. The van der Waals surface area contributed by atoms with E-state index in [1.54, 1.807) is 55.8 Å². The van der Waals surface area contributed by atoms with Crippen LogP contribution in [0.1, 0.15) is 29.3 Å². The van der Waals surface area contributed by atoms with Crippen molar-refractivity contribution in [1.82, 2.24) is 15.0 Å². The minimum Gasteiger partial charge on any atom is -0.449 e.